The number of carboxylic acids is 1. The van der Waals surface area contributed by atoms with Gasteiger partial charge >= 0.3 is 5.97 Å². The van der Waals surface area contributed by atoms with Gasteiger partial charge in [0, 0.05) is 43.2 Å². The van der Waals surface area contributed by atoms with Crippen molar-refractivity contribution >= 4 is 63.0 Å². The van der Waals surface area contributed by atoms with Crippen LogP contribution in [0.4, 0.5) is 25.8 Å². The maximum Gasteiger partial charge on any atom is 0.316 e. The Kier molecular flexibility index (Phi) is 8.90. The number of thiocarbonyl (C=S) groups is 1. The van der Waals surface area contributed by atoms with E-state index < -0.39 is 29.3 Å². The summed E-state index contributed by atoms with van der Waals surface area (Å²) >= 11 is 4.75. The number of azo groups is 1. The molecule has 8 rings (SSSR count). The lowest BCUT2D eigenvalue weighted by Gasteiger charge is -2.37. The highest BCUT2D eigenvalue weighted by atomic mass is 32.1. The molecule has 4 aromatic rings. The number of halogens is 2. The number of carboxylic acid groups (broad SMARTS) is 1. The van der Waals surface area contributed by atoms with Crippen molar-refractivity contribution < 1.29 is 38.1 Å². The van der Waals surface area contributed by atoms with Crippen molar-refractivity contribution in [2.75, 3.05) is 43.1 Å². The molecule has 2 saturated heterocycles. The number of aliphatic carboxylic acids is 1. The predicted octanol–water partition coefficient (Wildman–Crippen LogP) is 3.59. The van der Waals surface area contributed by atoms with E-state index in [-0.39, 0.29) is 88.1 Å². The van der Waals surface area contributed by atoms with Gasteiger partial charge in [-0.25, -0.2) is 13.5 Å². The van der Waals surface area contributed by atoms with Crippen molar-refractivity contribution in [2.24, 2.45) is 27.8 Å². The Balaban J connectivity index is 1.02. The number of Topliss-reactive ketones (excluding diaryl/α,β-unsaturated/α-hetero) is 1. The number of carbonyl (C=O) groups excluding carboxylic acids is 2. The van der Waals surface area contributed by atoms with E-state index in [2.05, 4.69) is 20.5 Å². The van der Waals surface area contributed by atoms with E-state index in [0.717, 1.165) is 31.7 Å². The monoisotopic (exact) mass is 762 g/mol. The summed E-state index contributed by atoms with van der Waals surface area (Å²) in [6.45, 7) is 1.01. The second-order valence-corrected chi connectivity index (χ2v) is 14.5. The highest BCUT2D eigenvalue weighted by molar-refractivity contribution is 7.80. The number of aromatic hydroxyl groups is 1. The summed E-state index contributed by atoms with van der Waals surface area (Å²) in [7, 11) is 1.42. The van der Waals surface area contributed by atoms with Gasteiger partial charge in [-0.2, -0.15) is 0 Å². The molecule has 5 heterocycles. The standard InChI is InChI=1S/C35H36F2N10O6S/c1-53-32-29-21(31(49)22(34(51)52)14-46(29)19-7-8-19)10-24(37)30(32)43-11-17-4-3-9-45(25(17)15-43)26(48)16-44-12-18(39-42-44)13-47-28-20(5-2-6-23(28)36)27(33(47)50)40-41-35(38)54/h2,5-6,10,12,17,19,22,25,50H,3-4,7-9,11,13-16H2,1H3,(H2,38,54)(H,51,52)/t17-,22?,25+/m1/s1. The number of amides is 1. The van der Waals surface area contributed by atoms with Gasteiger partial charge in [-0.1, -0.05) is 17.3 Å². The number of nitrogens with zero attached hydrogens (tertiary/aromatic N) is 9. The number of ether oxygens (including phenoxy) is 1. The first-order valence-electron chi connectivity index (χ1n) is 17.5. The number of hydrogen-bond acceptors (Lipinski definition) is 11. The third kappa shape index (κ3) is 6.05. The molecular formula is C35H36F2N10O6S. The number of para-hydroxylation sites is 1. The molecule has 0 radical (unpaired) electrons. The Hall–Kier alpha value is -5.72. The van der Waals surface area contributed by atoms with Gasteiger partial charge in [0.2, 0.25) is 16.9 Å². The topological polar surface area (TPSA) is 197 Å². The molecule has 3 atom stereocenters. The highest BCUT2D eigenvalue weighted by Gasteiger charge is 2.47. The number of fused-ring (bicyclic) bond motifs is 3. The van der Waals surface area contributed by atoms with Gasteiger partial charge in [0.25, 0.3) is 0 Å². The number of carbonyl (C=O) groups is 3. The Morgan fingerprint density at radius 1 is 1.13 bits per heavy atom. The highest BCUT2D eigenvalue weighted by Crippen LogP contribution is 2.50. The van der Waals surface area contributed by atoms with E-state index in [1.165, 1.54) is 34.7 Å². The molecule has 4 aliphatic rings. The van der Waals surface area contributed by atoms with E-state index in [4.69, 9.17) is 22.7 Å². The number of anilines is 2. The zero-order chi connectivity index (χ0) is 38.0. The summed E-state index contributed by atoms with van der Waals surface area (Å²) in [4.78, 5) is 44.6. The van der Waals surface area contributed by atoms with Gasteiger partial charge in [0.15, 0.2) is 23.0 Å². The van der Waals surface area contributed by atoms with Crippen LogP contribution in [0.1, 0.15) is 41.7 Å². The molecule has 1 amide bonds. The fourth-order valence-electron chi connectivity index (χ4n) is 8.27. The lowest BCUT2D eigenvalue weighted by Crippen LogP contribution is -2.49. The third-order valence-electron chi connectivity index (χ3n) is 10.8. The maximum absolute atomic E-state index is 16.1. The van der Waals surface area contributed by atoms with Crippen molar-refractivity contribution in [2.45, 2.75) is 50.9 Å². The van der Waals surface area contributed by atoms with E-state index in [9.17, 15) is 24.6 Å². The molecule has 1 aliphatic carbocycles. The average Bonchev–Trinajstić information content (AvgIpc) is 3.63. The normalized spacial score (nSPS) is 21.2. The smallest absolute Gasteiger partial charge is 0.316 e. The second kappa shape index (κ2) is 13.6. The van der Waals surface area contributed by atoms with Crippen LogP contribution < -0.4 is 20.3 Å². The van der Waals surface area contributed by atoms with Crippen LogP contribution >= 0.6 is 12.2 Å². The Morgan fingerprint density at radius 3 is 2.65 bits per heavy atom. The molecule has 282 valence electrons. The fourth-order valence-corrected chi connectivity index (χ4v) is 8.31. The summed E-state index contributed by atoms with van der Waals surface area (Å²) < 4.78 is 39.6. The lowest BCUT2D eigenvalue weighted by atomic mass is 9.89. The molecule has 0 bridgehead atoms. The molecule has 3 aliphatic heterocycles. The summed E-state index contributed by atoms with van der Waals surface area (Å²) in [5.41, 5.74) is 6.44. The zero-order valence-corrected chi connectivity index (χ0v) is 29.9. The van der Waals surface area contributed by atoms with Gasteiger partial charge in [-0.05, 0) is 56.0 Å². The van der Waals surface area contributed by atoms with Gasteiger partial charge in [0.1, 0.15) is 29.7 Å². The SMILES string of the molecule is COc1c(N2C[C@H]3CCCN(C(=O)Cn4cc(Cn5c(O)c(N=NC(N)=S)c6cccc(F)c65)nn4)[C@H]3C2)c(F)cc2c1N(C1CC1)CC(C(=O)O)C2=O. The van der Waals surface area contributed by atoms with Crippen molar-refractivity contribution in [1.29, 1.82) is 0 Å². The maximum atomic E-state index is 16.1. The molecule has 2 aromatic carbocycles. The number of likely N-dealkylation sites (tertiary alicyclic amines) is 1. The molecule has 16 nitrogen and oxygen atoms in total. The summed E-state index contributed by atoms with van der Waals surface area (Å²) in [5.74, 6) is -4.85. The number of piperidine rings is 1. The number of aromatic nitrogens is 4. The number of rotatable bonds is 9. The number of hydrogen-bond donors (Lipinski definition) is 3. The Labute approximate surface area is 311 Å². The van der Waals surface area contributed by atoms with E-state index in [1.807, 2.05) is 9.80 Å². The van der Waals surface area contributed by atoms with Crippen LogP contribution in [0.2, 0.25) is 0 Å². The van der Waals surface area contributed by atoms with Crippen molar-refractivity contribution in [3.8, 4) is 11.6 Å². The van der Waals surface area contributed by atoms with Crippen molar-refractivity contribution in [1.82, 2.24) is 24.5 Å². The van der Waals surface area contributed by atoms with Gasteiger partial charge in [-0.15, -0.1) is 15.3 Å². The van der Waals surface area contributed by atoms with Crippen LogP contribution in [0.25, 0.3) is 10.9 Å². The quantitative estimate of drug-likeness (QED) is 0.128. The number of methoxy groups -OCH3 is 1. The summed E-state index contributed by atoms with van der Waals surface area (Å²) in [5, 5.41) is 36.6. The summed E-state index contributed by atoms with van der Waals surface area (Å²) in [6, 6.07) is 5.22. The summed E-state index contributed by atoms with van der Waals surface area (Å²) in [6.07, 6.45) is 4.77. The van der Waals surface area contributed by atoms with Crippen LogP contribution in [0.3, 0.4) is 0 Å². The van der Waals surface area contributed by atoms with E-state index in [1.54, 1.807) is 11.0 Å². The van der Waals surface area contributed by atoms with E-state index >= 15 is 8.78 Å². The number of benzene rings is 2. The van der Waals surface area contributed by atoms with Gasteiger partial charge in [-0.3, -0.25) is 14.4 Å². The fraction of sp³-hybridized carbons (Fsp3) is 0.429. The molecule has 54 heavy (non-hydrogen) atoms. The molecule has 3 fully saturated rings. The average molecular weight is 763 g/mol. The first-order valence-corrected chi connectivity index (χ1v) is 17.9. The third-order valence-corrected chi connectivity index (χ3v) is 10.9. The number of ketones is 1. The minimum atomic E-state index is -1.29. The van der Waals surface area contributed by atoms with Crippen LogP contribution in [-0.2, 0) is 22.7 Å². The molecule has 19 heteroatoms. The molecule has 2 aromatic heterocycles. The lowest BCUT2D eigenvalue weighted by molar-refractivity contribution is -0.140. The Bertz CT molecular complexity index is 2260. The molecule has 1 saturated carbocycles. The van der Waals surface area contributed by atoms with Crippen LogP contribution in [-0.4, -0.2) is 103 Å². The van der Waals surface area contributed by atoms with Crippen LogP contribution in [0.5, 0.6) is 11.6 Å². The molecule has 4 N–H and O–H groups in total. The van der Waals surface area contributed by atoms with Gasteiger partial charge < -0.3 is 40.0 Å². The number of nitrogens with two attached hydrogens (primary N) is 1. The molecular weight excluding hydrogens is 727 g/mol. The first-order chi connectivity index (χ1) is 25.9. The minimum absolute atomic E-state index is 0.00628. The van der Waals surface area contributed by atoms with Crippen molar-refractivity contribution in [3.05, 3.63) is 53.4 Å². The Morgan fingerprint density at radius 2 is 1.93 bits per heavy atom. The van der Waals surface area contributed by atoms with Crippen LogP contribution in [0.15, 0.2) is 40.7 Å². The largest absolute Gasteiger partial charge is 0.493 e. The first kappa shape index (κ1) is 35.3. The predicted molar refractivity (Wildman–Crippen MR) is 193 cm³/mol. The van der Waals surface area contributed by atoms with Crippen LogP contribution in [0, 0.1) is 23.5 Å². The zero-order valence-electron chi connectivity index (χ0n) is 29.1. The molecule has 1 unspecified atom stereocenters. The minimum Gasteiger partial charge on any atom is -0.493 e. The second-order valence-electron chi connectivity index (χ2n) is 14.1. The van der Waals surface area contributed by atoms with Gasteiger partial charge in [0.05, 0.1) is 37.1 Å². The van der Waals surface area contributed by atoms with E-state index in [0.29, 0.717) is 31.0 Å². The molecule has 0 spiro atoms. The van der Waals surface area contributed by atoms with Crippen molar-refractivity contribution in [3.63, 3.8) is 0 Å².